The average Bonchev–Trinajstić information content (AvgIpc) is 3.53. The molecule has 1 aliphatic rings. The first-order valence-electron chi connectivity index (χ1n) is 15.8. The molecule has 0 N–H and O–H groups in total. The molecule has 6 aromatic heterocycles. The summed E-state index contributed by atoms with van der Waals surface area (Å²) in [6.07, 6.45) is 11.9. The quantitative estimate of drug-likeness (QED) is 0.172. The van der Waals surface area contributed by atoms with Gasteiger partial charge in [-0.15, -0.1) is 30.7 Å². The van der Waals surface area contributed by atoms with Gasteiger partial charge in [0.05, 0.1) is 29.0 Å². The topological polar surface area (TPSA) is 300 Å². The molecule has 17 nitrogen and oxygen atoms in total. The summed E-state index contributed by atoms with van der Waals surface area (Å²) in [5, 5.41) is 11.0. The van der Waals surface area contributed by atoms with Gasteiger partial charge in [-0.25, -0.2) is 52.2 Å². The predicted octanol–water partition coefficient (Wildman–Crippen LogP) is -2.10. The molecule has 1 aliphatic carbocycles. The van der Waals surface area contributed by atoms with Gasteiger partial charge in [0.2, 0.25) is 5.82 Å². The van der Waals surface area contributed by atoms with Gasteiger partial charge in [0.1, 0.15) is 17.1 Å². The van der Waals surface area contributed by atoms with Crippen LogP contribution >= 0.6 is 0 Å². The summed E-state index contributed by atoms with van der Waals surface area (Å²) in [4.78, 5) is 30.0. The zero-order valence-electron chi connectivity index (χ0n) is 28.8. The van der Waals surface area contributed by atoms with E-state index in [1.54, 1.807) is 43.4 Å². The van der Waals surface area contributed by atoms with Crippen molar-refractivity contribution < 1.29 is 77.2 Å². The van der Waals surface area contributed by atoms with E-state index in [1.807, 2.05) is 84.9 Å². The van der Waals surface area contributed by atoms with Crippen molar-refractivity contribution >= 4 is 10.8 Å². The number of pyridine rings is 4. The van der Waals surface area contributed by atoms with E-state index in [0.717, 1.165) is 45.3 Å². The smallest absolute Gasteiger partial charge is 0.265 e. The summed E-state index contributed by atoms with van der Waals surface area (Å²) in [6, 6.07) is 35.6. The van der Waals surface area contributed by atoms with Crippen LogP contribution in [0.5, 0.6) is 0 Å². The van der Waals surface area contributed by atoms with Gasteiger partial charge in [0.25, 0.3) is 0 Å². The van der Waals surface area contributed by atoms with Gasteiger partial charge in [-0.2, -0.15) is 0 Å². The van der Waals surface area contributed by atoms with E-state index >= 15 is 0 Å². The van der Waals surface area contributed by atoms with E-state index < -0.39 is 20.5 Å². The first-order valence-corrected chi connectivity index (χ1v) is 18.2. The molecule has 288 valence electrons. The molecule has 0 saturated carbocycles. The third-order valence-corrected chi connectivity index (χ3v) is 7.06. The molecule has 6 heterocycles. The molecule has 0 bridgehead atoms. The Morgan fingerprint density at radius 2 is 0.877 bits per heavy atom. The Balaban J connectivity index is 0.000000183. The first-order chi connectivity index (χ1) is 26.8. The van der Waals surface area contributed by atoms with E-state index in [0.29, 0.717) is 11.5 Å². The fourth-order valence-corrected chi connectivity index (χ4v) is 5.02. The fraction of sp³-hybridized carbons (Fsp3) is 0. The number of halogens is 2. The monoisotopic (exact) mass is 895 g/mol. The fourth-order valence-electron chi connectivity index (χ4n) is 5.02. The van der Waals surface area contributed by atoms with E-state index in [1.165, 1.54) is 10.8 Å². The minimum atomic E-state index is -4.94. The maximum absolute atomic E-state index is 8.49. The molecule has 0 fully saturated rings. The summed E-state index contributed by atoms with van der Waals surface area (Å²) >= 11 is 0. The van der Waals surface area contributed by atoms with Crippen LogP contribution in [-0.4, -0.2) is 45.1 Å². The van der Waals surface area contributed by atoms with Crippen molar-refractivity contribution in [2.24, 2.45) is 0 Å². The maximum Gasteiger partial charge on any atom is 2.00 e. The third kappa shape index (κ3) is 14.1. The van der Waals surface area contributed by atoms with E-state index in [2.05, 4.69) is 69.4 Å². The van der Waals surface area contributed by atoms with Gasteiger partial charge >= 0.3 is 19.5 Å². The number of hydrogen-bond acceptors (Lipinski definition) is 17. The van der Waals surface area contributed by atoms with Crippen molar-refractivity contribution in [1.82, 2.24) is 45.1 Å². The maximum atomic E-state index is 8.49. The van der Waals surface area contributed by atoms with Crippen LogP contribution in [-0.2, 0) is 19.5 Å². The van der Waals surface area contributed by atoms with Crippen molar-refractivity contribution in [3.8, 4) is 56.8 Å². The molecule has 2 aromatic carbocycles. The Hall–Kier alpha value is -5.73. The summed E-state index contributed by atoms with van der Waals surface area (Å²) in [5.41, 5.74) is 7.97. The van der Waals surface area contributed by atoms with Crippen molar-refractivity contribution in [3.63, 3.8) is 0 Å². The molecular weight excluding hydrogens is 870 g/mol. The zero-order valence-corrected chi connectivity index (χ0v) is 32.1. The summed E-state index contributed by atoms with van der Waals surface area (Å²) in [7, 11) is -9.89. The number of rotatable bonds is 3. The second-order valence-corrected chi connectivity index (χ2v) is 12.3. The normalized spacial score (nSPS) is 10.7. The number of hydrogen-bond donors (Lipinski definition) is 0. The van der Waals surface area contributed by atoms with E-state index in [4.69, 9.17) is 37.3 Å². The first kappa shape index (κ1) is 44.0. The number of fused-ring (bicyclic) bond motifs is 3. The van der Waals surface area contributed by atoms with E-state index in [9.17, 15) is 0 Å². The molecule has 20 heteroatoms. The number of aromatic nitrogens is 9. The van der Waals surface area contributed by atoms with Crippen molar-refractivity contribution in [3.05, 3.63) is 153 Å². The second kappa shape index (κ2) is 21.0. The minimum absolute atomic E-state index is 0. The largest absolute Gasteiger partial charge is 2.00 e. The molecule has 0 aliphatic heterocycles. The van der Waals surface area contributed by atoms with Crippen LogP contribution in [0.15, 0.2) is 153 Å². The molecule has 0 atom stereocenters. The molecule has 0 radical (unpaired) electrons. The zero-order chi connectivity index (χ0) is 40.0. The van der Waals surface area contributed by atoms with Crippen LogP contribution in [0.25, 0.3) is 67.6 Å². The van der Waals surface area contributed by atoms with Gasteiger partial charge in [0, 0.05) is 53.7 Å². The minimum Gasteiger partial charge on any atom is -0.265 e. The van der Waals surface area contributed by atoms with Crippen molar-refractivity contribution in [2.75, 3.05) is 0 Å². The molecular formula is C37H25Cl2N9O8Ru. The van der Waals surface area contributed by atoms with Gasteiger partial charge in [-0.05, 0) is 53.9 Å². The molecule has 0 amide bonds. The van der Waals surface area contributed by atoms with Gasteiger partial charge in [0.15, 0.2) is 0 Å². The second-order valence-electron chi connectivity index (χ2n) is 10.8. The molecule has 9 rings (SSSR count). The molecule has 57 heavy (non-hydrogen) atoms. The Bertz CT molecular complexity index is 2330. The Morgan fingerprint density at radius 3 is 1.33 bits per heavy atom. The average molecular weight is 896 g/mol. The summed E-state index contributed by atoms with van der Waals surface area (Å²) in [6.45, 7) is 0. The molecule has 8 aromatic rings. The standard InChI is InChI=1S/C17H9N5.C15H11N3.C5H5N.2ClHO4.Ru/c1-3-10-4-2-6-12-14(10)11(5-1)15-16(12)21-22-17(20-15)13-9-18-7-8-19-13;1-3-10-16-12(6-1)14-8-5-9-15(18-14)13-7-2-4-11-17-13;1-2-4-6-5-3-1;2*2-1(3,4)5;/h1-9H;1-11H;1-5H;2*(H,2,3,4,5);/q;;;;;+2/p-2. The Morgan fingerprint density at radius 1 is 0.386 bits per heavy atom. The molecule has 0 unspecified atom stereocenters. The number of benzene rings is 2. The Kier molecular flexibility index (Phi) is 16.2. The van der Waals surface area contributed by atoms with Gasteiger partial charge in [-0.1, -0.05) is 60.7 Å². The summed E-state index contributed by atoms with van der Waals surface area (Å²) in [5.74, 6) is 0.497. The number of nitrogens with zero attached hydrogens (tertiary/aromatic N) is 9. The van der Waals surface area contributed by atoms with Crippen LogP contribution in [0.1, 0.15) is 0 Å². The van der Waals surface area contributed by atoms with Crippen LogP contribution < -0.4 is 37.3 Å². The van der Waals surface area contributed by atoms with Crippen molar-refractivity contribution in [1.29, 1.82) is 0 Å². The van der Waals surface area contributed by atoms with Crippen LogP contribution in [0, 0.1) is 20.5 Å². The van der Waals surface area contributed by atoms with E-state index in [-0.39, 0.29) is 19.5 Å². The predicted molar refractivity (Wildman–Crippen MR) is 178 cm³/mol. The summed E-state index contributed by atoms with van der Waals surface area (Å²) < 4.78 is 67.9. The van der Waals surface area contributed by atoms with Crippen LogP contribution in [0.2, 0.25) is 0 Å². The van der Waals surface area contributed by atoms with Crippen LogP contribution in [0.3, 0.4) is 0 Å². The van der Waals surface area contributed by atoms with Gasteiger partial charge in [-0.3, -0.25) is 19.9 Å². The molecule has 0 saturated heterocycles. The third-order valence-electron chi connectivity index (χ3n) is 7.06. The SMILES string of the molecule is [O-][Cl+3]([O-])([O-])[O-].[O-][Cl+3]([O-])([O-])[O-].[Ru+2].c1cc2c3c(cccc3c1)-c1nc(-c3cnccn3)nnc1-2.c1ccc(-c2cccc(-c3ccccn3)n2)nc1.c1ccncc1. The molecule has 0 spiro atoms. The Labute approximate surface area is 341 Å². The van der Waals surface area contributed by atoms with Gasteiger partial charge < -0.3 is 0 Å². The van der Waals surface area contributed by atoms with Crippen LogP contribution in [0.4, 0.5) is 0 Å². The van der Waals surface area contributed by atoms with Crippen molar-refractivity contribution in [2.45, 2.75) is 0 Å².